The third kappa shape index (κ3) is 2.70. The first-order valence-electron chi connectivity index (χ1n) is 7.27. The smallest absolute Gasteiger partial charge is 0.262 e. The Kier molecular flexibility index (Phi) is 3.97. The molecule has 4 nitrogen and oxygen atoms in total. The van der Waals surface area contributed by atoms with Gasteiger partial charge in [-0.2, -0.15) is 0 Å². The SMILES string of the molecule is CC(C(=O)C#Cc1ccc(F)cc1)N1C(=O)c2ccccc2C1=O. The summed E-state index contributed by atoms with van der Waals surface area (Å²) < 4.78 is 12.8. The number of Topliss-reactive ketones (excluding diaryl/α,β-unsaturated/α-hetero) is 1. The van der Waals surface area contributed by atoms with E-state index in [1.165, 1.54) is 31.2 Å². The Balaban J connectivity index is 1.81. The molecule has 1 aliphatic rings. The summed E-state index contributed by atoms with van der Waals surface area (Å²) in [5.41, 5.74) is 1.04. The zero-order chi connectivity index (χ0) is 17.3. The third-order valence-electron chi connectivity index (χ3n) is 3.77. The number of carbonyl (C=O) groups excluding carboxylic acids is 3. The fraction of sp³-hybridized carbons (Fsp3) is 0.105. The first kappa shape index (κ1) is 15.6. The molecule has 0 spiro atoms. The van der Waals surface area contributed by atoms with Gasteiger partial charge in [-0.3, -0.25) is 19.3 Å². The lowest BCUT2D eigenvalue weighted by Gasteiger charge is -2.18. The van der Waals surface area contributed by atoms with Crippen LogP contribution < -0.4 is 0 Å². The zero-order valence-electron chi connectivity index (χ0n) is 12.7. The highest BCUT2D eigenvalue weighted by atomic mass is 19.1. The number of ketones is 1. The molecule has 0 saturated heterocycles. The summed E-state index contributed by atoms with van der Waals surface area (Å²) >= 11 is 0. The van der Waals surface area contributed by atoms with Gasteiger partial charge in [0.05, 0.1) is 11.1 Å². The normalized spacial score (nSPS) is 14.0. The summed E-state index contributed by atoms with van der Waals surface area (Å²) in [6, 6.07) is 10.8. The molecule has 2 aromatic carbocycles. The van der Waals surface area contributed by atoms with Crippen molar-refractivity contribution in [2.24, 2.45) is 0 Å². The minimum Gasteiger partial charge on any atom is -0.282 e. The maximum Gasteiger partial charge on any atom is 0.262 e. The second kappa shape index (κ2) is 6.09. The van der Waals surface area contributed by atoms with Gasteiger partial charge in [-0.05, 0) is 49.2 Å². The van der Waals surface area contributed by atoms with E-state index in [1.54, 1.807) is 24.3 Å². The molecule has 0 saturated carbocycles. The van der Waals surface area contributed by atoms with Crippen LogP contribution in [-0.2, 0) is 4.79 Å². The van der Waals surface area contributed by atoms with Gasteiger partial charge in [0.2, 0.25) is 5.78 Å². The summed E-state index contributed by atoms with van der Waals surface area (Å²) in [6.07, 6.45) is 0. The average Bonchev–Trinajstić information content (AvgIpc) is 2.85. The molecule has 0 N–H and O–H groups in total. The predicted octanol–water partition coefficient (Wildman–Crippen LogP) is 2.43. The van der Waals surface area contributed by atoms with Crippen LogP contribution in [0.15, 0.2) is 48.5 Å². The van der Waals surface area contributed by atoms with Crippen molar-refractivity contribution in [3.8, 4) is 11.8 Å². The maximum absolute atomic E-state index is 12.8. The number of hydrogen-bond acceptors (Lipinski definition) is 3. The monoisotopic (exact) mass is 321 g/mol. The van der Waals surface area contributed by atoms with Gasteiger partial charge in [-0.15, -0.1) is 0 Å². The Morgan fingerprint density at radius 3 is 2.08 bits per heavy atom. The van der Waals surface area contributed by atoms with E-state index in [0.29, 0.717) is 5.56 Å². The standard InChI is InChI=1S/C19H12FNO3/c1-12(17(22)11-8-13-6-9-14(20)10-7-13)21-18(23)15-4-2-3-5-16(15)19(21)24/h2-7,9-10,12H,1H3. The van der Waals surface area contributed by atoms with Crippen LogP contribution in [0.2, 0.25) is 0 Å². The second-order valence-electron chi connectivity index (χ2n) is 5.32. The molecule has 1 atom stereocenters. The van der Waals surface area contributed by atoms with Crippen LogP contribution in [0, 0.1) is 17.7 Å². The quantitative estimate of drug-likeness (QED) is 0.630. The first-order chi connectivity index (χ1) is 11.5. The second-order valence-corrected chi connectivity index (χ2v) is 5.32. The van der Waals surface area contributed by atoms with E-state index in [2.05, 4.69) is 11.8 Å². The first-order valence-corrected chi connectivity index (χ1v) is 7.27. The van der Waals surface area contributed by atoms with Gasteiger partial charge in [-0.1, -0.05) is 18.1 Å². The summed E-state index contributed by atoms with van der Waals surface area (Å²) in [4.78, 5) is 37.8. The molecule has 0 fully saturated rings. The van der Waals surface area contributed by atoms with Crippen molar-refractivity contribution in [2.75, 3.05) is 0 Å². The number of rotatable bonds is 2. The largest absolute Gasteiger partial charge is 0.282 e. The van der Waals surface area contributed by atoms with E-state index in [1.807, 2.05) is 0 Å². The molecule has 0 bridgehead atoms. The molecule has 0 radical (unpaired) electrons. The topological polar surface area (TPSA) is 54.5 Å². The van der Waals surface area contributed by atoms with Crippen molar-refractivity contribution >= 4 is 17.6 Å². The fourth-order valence-corrected chi connectivity index (χ4v) is 2.45. The van der Waals surface area contributed by atoms with E-state index in [-0.39, 0.29) is 11.1 Å². The van der Waals surface area contributed by atoms with Crippen LogP contribution in [-0.4, -0.2) is 28.5 Å². The molecular weight excluding hydrogens is 309 g/mol. The number of carbonyl (C=O) groups is 3. The Hall–Kier alpha value is -3.26. The number of nitrogens with zero attached hydrogens (tertiary/aromatic N) is 1. The molecule has 1 aliphatic heterocycles. The van der Waals surface area contributed by atoms with Crippen molar-refractivity contribution in [1.29, 1.82) is 0 Å². The predicted molar refractivity (Wildman–Crippen MR) is 84.7 cm³/mol. The number of imide groups is 1. The van der Waals surface area contributed by atoms with Crippen molar-refractivity contribution < 1.29 is 18.8 Å². The minimum atomic E-state index is -0.995. The molecule has 1 heterocycles. The van der Waals surface area contributed by atoms with E-state index >= 15 is 0 Å². The van der Waals surface area contributed by atoms with Crippen LogP contribution >= 0.6 is 0 Å². The Bertz CT molecular complexity index is 871. The highest BCUT2D eigenvalue weighted by Gasteiger charge is 2.40. The van der Waals surface area contributed by atoms with Gasteiger partial charge in [0, 0.05) is 5.56 Å². The summed E-state index contributed by atoms with van der Waals surface area (Å²) in [6.45, 7) is 1.46. The third-order valence-corrected chi connectivity index (χ3v) is 3.77. The number of benzene rings is 2. The van der Waals surface area contributed by atoms with E-state index in [0.717, 1.165) is 4.90 Å². The number of fused-ring (bicyclic) bond motifs is 1. The van der Waals surface area contributed by atoms with Crippen molar-refractivity contribution in [2.45, 2.75) is 13.0 Å². The van der Waals surface area contributed by atoms with Gasteiger partial charge in [0.15, 0.2) is 0 Å². The molecule has 2 aromatic rings. The molecule has 24 heavy (non-hydrogen) atoms. The van der Waals surface area contributed by atoms with Gasteiger partial charge in [-0.25, -0.2) is 4.39 Å². The molecule has 0 aliphatic carbocycles. The molecule has 0 aromatic heterocycles. The van der Waals surface area contributed by atoms with Crippen LogP contribution in [0.5, 0.6) is 0 Å². The van der Waals surface area contributed by atoms with Crippen molar-refractivity contribution in [3.63, 3.8) is 0 Å². The van der Waals surface area contributed by atoms with Crippen LogP contribution in [0.1, 0.15) is 33.2 Å². The molecule has 118 valence electrons. The average molecular weight is 321 g/mol. The minimum absolute atomic E-state index is 0.286. The molecule has 2 amide bonds. The lowest BCUT2D eigenvalue weighted by Crippen LogP contribution is -2.42. The number of hydrogen-bond donors (Lipinski definition) is 0. The lowest BCUT2D eigenvalue weighted by atomic mass is 10.1. The molecule has 3 rings (SSSR count). The van der Waals surface area contributed by atoms with Gasteiger partial charge >= 0.3 is 0 Å². The van der Waals surface area contributed by atoms with Crippen LogP contribution in [0.25, 0.3) is 0 Å². The Labute approximate surface area is 137 Å². The van der Waals surface area contributed by atoms with E-state index < -0.39 is 29.5 Å². The van der Waals surface area contributed by atoms with Gasteiger partial charge in [0.1, 0.15) is 11.9 Å². The van der Waals surface area contributed by atoms with Gasteiger partial charge < -0.3 is 0 Å². The maximum atomic E-state index is 12.8. The van der Waals surface area contributed by atoms with E-state index in [4.69, 9.17) is 0 Å². The highest BCUT2D eigenvalue weighted by molar-refractivity contribution is 6.23. The van der Waals surface area contributed by atoms with Crippen molar-refractivity contribution in [3.05, 3.63) is 71.0 Å². The summed E-state index contributed by atoms with van der Waals surface area (Å²) in [5.74, 6) is 3.06. The summed E-state index contributed by atoms with van der Waals surface area (Å²) in [5, 5.41) is 0. The fourth-order valence-electron chi connectivity index (χ4n) is 2.45. The van der Waals surface area contributed by atoms with Gasteiger partial charge in [0.25, 0.3) is 11.8 Å². The summed E-state index contributed by atoms with van der Waals surface area (Å²) in [7, 11) is 0. The Morgan fingerprint density at radius 2 is 1.54 bits per heavy atom. The van der Waals surface area contributed by atoms with E-state index in [9.17, 15) is 18.8 Å². The van der Waals surface area contributed by atoms with Crippen LogP contribution in [0.4, 0.5) is 4.39 Å². The highest BCUT2D eigenvalue weighted by Crippen LogP contribution is 2.24. The lowest BCUT2D eigenvalue weighted by molar-refractivity contribution is -0.117. The number of halogens is 1. The Morgan fingerprint density at radius 1 is 1.00 bits per heavy atom. The zero-order valence-corrected chi connectivity index (χ0v) is 12.7. The molecular formula is C19H12FNO3. The van der Waals surface area contributed by atoms with Crippen molar-refractivity contribution in [1.82, 2.24) is 4.90 Å². The molecule has 1 unspecified atom stereocenters. The number of amides is 2. The molecule has 5 heteroatoms. The van der Waals surface area contributed by atoms with Crippen LogP contribution in [0.3, 0.4) is 0 Å².